The highest BCUT2D eigenvalue weighted by atomic mass is 19.1. The number of hydrogen-bond acceptors (Lipinski definition) is 1. The fourth-order valence-corrected chi connectivity index (χ4v) is 3.97. The lowest BCUT2D eigenvalue weighted by molar-refractivity contribution is 0.616. The lowest BCUT2D eigenvalue weighted by atomic mass is 9.98. The summed E-state index contributed by atoms with van der Waals surface area (Å²) in [6.45, 7) is 2.19. The van der Waals surface area contributed by atoms with E-state index in [4.69, 9.17) is 5.26 Å². The molecular formula is C31H25F2N. The maximum atomic E-state index is 15.1. The highest BCUT2D eigenvalue weighted by Crippen LogP contribution is 2.24. The lowest BCUT2D eigenvalue weighted by Crippen LogP contribution is -1.97. The smallest absolute Gasteiger partial charge is 0.141 e. The van der Waals surface area contributed by atoms with Crippen LogP contribution in [0.15, 0.2) is 72.8 Å². The number of benzene rings is 4. The predicted molar refractivity (Wildman–Crippen MR) is 133 cm³/mol. The van der Waals surface area contributed by atoms with Gasteiger partial charge in [0, 0.05) is 16.5 Å². The van der Waals surface area contributed by atoms with Crippen molar-refractivity contribution in [2.24, 2.45) is 0 Å². The molecule has 34 heavy (non-hydrogen) atoms. The van der Waals surface area contributed by atoms with Crippen molar-refractivity contribution in [1.82, 2.24) is 0 Å². The summed E-state index contributed by atoms with van der Waals surface area (Å²) in [4.78, 5) is 0. The second-order valence-electron chi connectivity index (χ2n) is 8.45. The first kappa shape index (κ1) is 23.2. The number of fused-ring (bicyclic) bond motifs is 1. The van der Waals surface area contributed by atoms with Gasteiger partial charge < -0.3 is 0 Å². The minimum Gasteiger partial charge on any atom is -0.206 e. The summed E-state index contributed by atoms with van der Waals surface area (Å²) in [5.41, 5.74) is 4.46. The molecule has 0 saturated carbocycles. The number of halogens is 2. The first-order valence-electron chi connectivity index (χ1n) is 11.6. The fourth-order valence-electron chi connectivity index (χ4n) is 3.97. The molecule has 4 rings (SSSR count). The minimum atomic E-state index is -0.542. The van der Waals surface area contributed by atoms with Crippen molar-refractivity contribution in [3.63, 3.8) is 0 Å². The Balaban J connectivity index is 1.48. The Hall–Kier alpha value is -3.95. The molecule has 0 bridgehead atoms. The summed E-state index contributed by atoms with van der Waals surface area (Å²) in [6.07, 6.45) is 4.40. The van der Waals surface area contributed by atoms with Gasteiger partial charge in [-0.05, 0) is 84.2 Å². The average Bonchev–Trinajstić information content (AvgIpc) is 2.86. The quantitative estimate of drug-likeness (QED) is 0.279. The van der Waals surface area contributed by atoms with Crippen molar-refractivity contribution < 1.29 is 8.78 Å². The van der Waals surface area contributed by atoms with Crippen LogP contribution in [0.5, 0.6) is 0 Å². The molecule has 0 N–H and O–H groups in total. The predicted octanol–water partition coefficient (Wildman–Crippen LogP) is 7.52. The van der Waals surface area contributed by atoms with E-state index in [0.29, 0.717) is 23.8 Å². The molecule has 168 valence electrons. The highest BCUT2D eigenvalue weighted by molar-refractivity contribution is 5.85. The third-order valence-corrected chi connectivity index (χ3v) is 6.00. The van der Waals surface area contributed by atoms with Crippen molar-refractivity contribution in [2.45, 2.75) is 39.0 Å². The van der Waals surface area contributed by atoms with Crippen molar-refractivity contribution >= 4 is 10.8 Å². The maximum Gasteiger partial charge on any atom is 0.141 e. The van der Waals surface area contributed by atoms with Gasteiger partial charge in [-0.15, -0.1) is 0 Å². The van der Waals surface area contributed by atoms with Crippen LogP contribution in [0.3, 0.4) is 0 Å². The van der Waals surface area contributed by atoms with Gasteiger partial charge in [-0.1, -0.05) is 61.6 Å². The second-order valence-corrected chi connectivity index (χ2v) is 8.45. The number of rotatable bonds is 6. The molecule has 0 aliphatic rings. The zero-order chi connectivity index (χ0) is 23.9. The second kappa shape index (κ2) is 10.8. The van der Waals surface area contributed by atoms with Gasteiger partial charge in [0.1, 0.15) is 17.7 Å². The molecule has 0 heterocycles. The number of aryl methyl sites for hydroxylation is 3. The largest absolute Gasteiger partial charge is 0.206 e. The lowest BCUT2D eigenvalue weighted by Gasteiger charge is -2.08. The molecule has 0 aliphatic carbocycles. The summed E-state index contributed by atoms with van der Waals surface area (Å²) >= 11 is 0. The van der Waals surface area contributed by atoms with Gasteiger partial charge in [0.15, 0.2) is 0 Å². The van der Waals surface area contributed by atoms with Crippen LogP contribution in [0.2, 0.25) is 0 Å². The van der Waals surface area contributed by atoms with E-state index in [0.717, 1.165) is 28.5 Å². The van der Waals surface area contributed by atoms with Crippen LogP contribution in [-0.2, 0) is 19.3 Å². The third-order valence-electron chi connectivity index (χ3n) is 6.00. The van der Waals surface area contributed by atoms with Crippen LogP contribution < -0.4 is 0 Å². The zero-order valence-corrected chi connectivity index (χ0v) is 19.2. The SMILES string of the molecule is CCCCc1ccc(C#Cc2ccc3c(F)c(CCc4ccc(C#N)c(F)c4)ccc3c2)cc1. The first-order chi connectivity index (χ1) is 16.6. The summed E-state index contributed by atoms with van der Waals surface area (Å²) in [6, 6.07) is 23.9. The summed E-state index contributed by atoms with van der Waals surface area (Å²) in [5, 5.41) is 10.2. The fraction of sp³-hybridized carbons (Fsp3) is 0.194. The van der Waals surface area contributed by atoms with Crippen LogP contribution in [0.1, 0.15) is 53.1 Å². The standard InChI is InChI=1S/C31H25F2N/c1-2-3-4-22-5-7-23(8-6-22)9-10-24-13-18-29-27(19-24)17-16-26(31(29)33)14-11-25-12-15-28(21-34)30(32)20-25/h5-8,12-13,15-20H,2-4,11,14H2,1H3. The Labute approximate surface area is 199 Å². The van der Waals surface area contributed by atoms with E-state index in [2.05, 4.69) is 30.9 Å². The summed E-state index contributed by atoms with van der Waals surface area (Å²) < 4.78 is 29.0. The van der Waals surface area contributed by atoms with E-state index in [-0.39, 0.29) is 11.4 Å². The molecule has 3 heteroatoms. The van der Waals surface area contributed by atoms with Crippen molar-refractivity contribution in [3.05, 3.63) is 118 Å². The van der Waals surface area contributed by atoms with E-state index in [1.165, 1.54) is 30.5 Å². The van der Waals surface area contributed by atoms with Gasteiger partial charge >= 0.3 is 0 Å². The molecular weight excluding hydrogens is 424 g/mol. The van der Waals surface area contributed by atoms with Crippen molar-refractivity contribution in [3.8, 4) is 17.9 Å². The Kier molecular flexibility index (Phi) is 7.36. The molecule has 0 unspecified atom stereocenters. The van der Waals surface area contributed by atoms with Gasteiger partial charge in [0.05, 0.1) is 5.56 Å². The Morgan fingerprint density at radius 1 is 0.735 bits per heavy atom. The molecule has 0 aromatic heterocycles. The monoisotopic (exact) mass is 449 g/mol. The van der Waals surface area contributed by atoms with Crippen LogP contribution in [0.25, 0.3) is 10.8 Å². The number of hydrogen-bond donors (Lipinski definition) is 0. The Morgan fingerprint density at radius 3 is 2.21 bits per heavy atom. The zero-order valence-electron chi connectivity index (χ0n) is 19.2. The van der Waals surface area contributed by atoms with Gasteiger partial charge in [-0.3, -0.25) is 0 Å². The average molecular weight is 450 g/mol. The van der Waals surface area contributed by atoms with Crippen LogP contribution in [0, 0.1) is 34.8 Å². The van der Waals surface area contributed by atoms with E-state index in [1.54, 1.807) is 18.2 Å². The van der Waals surface area contributed by atoms with Crippen molar-refractivity contribution in [2.75, 3.05) is 0 Å². The number of nitriles is 1. The van der Waals surface area contributed by atoms with Crippen LogP contribution in [0.4, 0.5) is 8.78 Å². The molecule has 0 fully saturated rings. The van der Waals surface area contributed by atoms with E-state index in [1.807, 2.05) is 36.4 Å². The van der Waals surface area contributed by atoms with Crippen LogP contribution >= 0.6 is 0 Å². The highest BCUT2D eigenvalue weighted by Gasteiger charge is 2.09. The van der Waals surface area contributed by atoms with Crippen molar-refractivity contribution in [1.29, 1.82) is 5.26 Å². The summed E-state index contributed by atoms with van der Waals surface area (Å²) in [7, 11) is 0. The molecule has 0 spiro atoms. The first-order valence-corrected chi connectivity index (χ1v) is 11.6. The minimum absolute atomic E-state index is 0.0172. The van der Waals surface area contributed by atoms with E-state index >= 15 is 4.39 Å². The molecule has 4 aromatic carbocycles. The molecule has 0 atom stereocenters. The molecule has 1 nitrogen and oxygen atoms in total. The van der Waals surface area contributed by atoms with Gasteiger partial charge in [0.25, 0.3) is 0 Å². The van der Waals surface area contributed by atoms with Crippen LogP contribution in [-0.4, -0.2) is 0 Å². The molecule has 0 amide bonds. The molecule has 0 aliphatic heterocycles. The maximum absolute atomic E-state index is 15.1. The topological polar surface area (TPSA) is 23.8 Å². The van der Waals surface area contributed by atoms with Gasteiger partial charge in [-0.25, -0.2) is 8.78 Å². The Bertz CT molecular complexity index is 1420. The van der Waals surface area contributed by atoms with E-state index < -0.39 is 5.82 Å². The normalized spacial score (nSPS) is 10.5. The molecule has 0 radical (unpaired) electrons. The molecule has 0 saturated heterocycles. The van der Waals surface area contributed by atoms with Gasteiger partial charge in [-0.2, -0.15) is 5.26 Å². The van der Waals surface area contributed by atoms with Gasteiger partial charge in [0.2, 0.25) is 0 Å². The van der Waals surface area contributed by atoms with E-state index in [9.17, 15) is 4.39 Å². The molecule has 4 aromatic rings. The summed E-state index contributed by atoms with van der Waals surface area (Å²) in [5.74, 6) is 5.57. The number of unbranched alkanes of at least 4 members (excludes halogenated alkanes) is 1. The third kappa shape index (κ3) is 5.51. The number of nitrogens with zero attached hydrogens (tertiary/aromatic N) is 1. The Morgan fingerprint density at radius 2 is 1.47 bits per heavy atom.